The van der Waals surface area contributed by atoms with Gasteiger partial charge in [-0.2, -0.15) is 0 Å². The summed E-state index contributed by atoms with van der Waals surface area (Å²) < 4.78 is 5.05. The zero-order valence-corrected chi connectivity index (χ0v) is 9.07. The van der Waals surface area contributed by atoms with Gasteiger partial charge in [0.15, 0.2) is 0 Å². The van der Waals surface area contributed by atoms with E-state index in [1.54, 1.807) is 25.6 Å². The van der Waals surface area contributed by atoms with Gasteiger partial charge in [-0.3, -0.25) is 4.98 Å². The summed E-state index contributed by atoms with van der Waals surface area (Å²) in [6, 6.07) is 5.60. The van der Waals surface area contributed by atoms with E-state index in [-0.39, 0.29) is 0 Å². The summed E-state index contributed by atoms with van der Waals surface area (Å²) in [7, 11) is 1.58. The van der Waals surface area contributed by atoms with Gasteiger partial charge in [0.1, 0.15) is 11.9 Å². The molecule has 0 radical (unpaired) electrons. The molecule has 0 saturated carbocycles. The van der Waals surface area contributed by atoms with E-state index in [1.165, 1.54) is 11.3 Å². The van der Waals surface area contributed by atoms with Crippen molar-refractivity contribution >= 4 is 11.3 Å². The van der Waals surface area contributed by atoms with Crippen molar-refractivity contribution < 1.29 is 9.84 Å². The Morgan fingerprint density at radius 1 is 1.47 bits per heavy atom. The van der Waals surface area contributed by atoms with Gasteiger partial charge in [-0.25, -0.2) is 0 Å². The highest BCUT2D eigenvalue weighted by Gasteiger charge is 2.12. The predicted molar refractivity (Wildman–Crippen MR) is 59.2 cm³/mol. The summed E-state index contributed by atoms with van der Waals surface area (Å²) >= 11 is 1.52. The van der Waals surface area contributed by atoms with E-state index in [9.17, 15) is 5.11 Å². The maximum absolute atomic E-state index is 10.0. The molecule has 0 bridgehead atoms. The minimum Gasteiger partial charge on any atom is -0.495 e. The van der Waals surface area contributed by atoms with Crippen LogP contribution in [0.2, 0.25) is 0 Å². The number of aromatic nitrogens is 1. The Morgan fingerprint density at radius 2 is 2.33 bits per heavy atom. The minimum atomic E-state index is -0.618. The van der Waals surface area contributed by atoms with Crippen LogP contribution < -0.4 is 4.74 Å². The third-order valence-electron chi connectivity index (χ3n) is 2.10. The van der Waals surface area contributed by atoms with Gasteiger partial charge in [-0.15, -0.1) is 11.3 Å². The summed E-state index contributed by atoms with van der Waals surface area (Å²) in [5.74, 6) is 0.656. The van der Waals surface area contributed by atoms with Gasteiger partial charge in [0.05, 0.1) is 13.3 Å². The average molecular weight is 221 g/mol. The molecule has 1 unspecified atom stereocenters. The molecule has 0 saturated heterocycles. The van der Waals surface area contributed by atoms with Gasteiger partial charge in [-0.05, 0) is 17.5 Å². The number of thiophene rings is 1. The molecule has 1 N–H and O–H groups in total. The Kier molecular flexibility index (Phi) is 2.99. The number of nitrogens with zero attached hydrogens (tertiary/aromatic N) is 1. The molecule has 2 aromatic heterocycles. The summed E-state index contributed by atoms with van der Waals surface area (Å²) in [6.45, 7) is 0. The lowest BCUT2D eigenvalue weighted by Gasteiger charge is -2.09. The summed E-state index contributed by atoms with van der Waals surface area (Å²) in [5, 5.41) is 12.0. The van der Waals surface area contributed by atoms with Gasteiger partial charge < -0.3 is 9.84 Å². The topological polar surface area (TPSA) is 42.4 Å². The average Bonchev–Trinajstić information content (AvgIpc) is 2.81. The first-order chi connectivity index (χ1) is 7.31. The Labute approximate surface area is 92.0 Å². The van der Waals surface area contributed by atoms with E-state index < -0.39 is 6.10 Å². The molecule has 1 atom stereocenters. The lowest BCUT2D eigenvalue weighted by molar-refractivity contribution is 0.223. The third-order valence-corrected chi connectivity index (χ3v) is 3.02. The van der Waals surface area contributed by atoms with E-state index in [0.29, 0.717) is 5.75 Å². The number of pyridine rings is 1. The van der Waals surface area contributed by atoms with Crippen LogP contribution in [0.3, 0.4) is 0 Å². The van der Waals surface area contributed by atoms with Crippen molar-refractivity contribution in [3.8, 4) is 5.75 Å². The van der Waals surface area contributed by atoms with E-state index >= 15 is 0 Å². The van der Waals surface area contributed by atoms with Crippen LogP contribution in [0.4, 0.5) is 0 Å². The molecule has 0 fully saturated rings. The van der Waals surface area contributed by atoms with Crippen molar-refractivity contribution in [2.24, 2.45) is 0 Å². The number of methoxy groups -OCH3 is 1. The molecule has 15 heavy (non-hydrogen) atoms. The molecule has 0 aliphatic heterocycles. The van der Waals surface area contributed by atoms with Gasteiger partial charge in [0.25, 0.3) is 0 Å². The fourth-order valence-electron chi connectivity index (χ4n) is 1.31. The molecule has 0 aliphatic rings. The maximum Gasteiger partial charge on any atom is 0.137 e. The molecular weight excluding hydrogens is 210 g/mol. The van der Waals surface area contributed by atoms with Crippen LogP contribution in [0.15, 0.2) is 36.0 Å². The number of hydrogen-bond donors (Lipinski definition) is 1. The van der Waals surface area contributed by atoms with Crippen LogP contribution in [0.5, 0.6) is 5.75 Å². The molecule has 2 aromatic rings. The third kappa shape index (κ3) is 2.16. The summed E-state index contributed by atoms with van der Waals surface area (Å²) in [4.78, 5) is 4.91. The second kappa shape index (κ2) is 4.42. The molecular formula is C11H11NO2S. The van der Waals surface area contributed by atoms with Crippen molar-refractivity contribution in [3.05, 3.63) is 46.4 Å². The molecule has 78 valence electrons. The maximum atomic E-state index is 10.0. The fourth-order valence-corrected chi connectivity index (χ4v) is 2.04. The lowest BCUT2D eigenvalue weighted by Crippen LogP contribution is -1.98. The zero-order chi connectivity index (χ0) is 10.7. The van der Waals surface area contributed by atoms with Gasteiger partial charge >= 0.3 is 0 Å². The van der Waals surface area contributed by atoms with E-state index in [1.807, 2.05) is 17.5 Å². The van der Waals surface area contributed by atoms with E-state index in [4.69, 9.17) is 4.74 Å². The highest BCUT2D eigenvalue weighted by Crippen LogP contribution is 2.26. The first kappa shape index (κ1) is 10.1. The monoisotopic (exact) mass is 221 g/mol. The summed E-state index contributed by atoms with van der Waals surface area (Å²) in [5.41, 5.74) is 0.747. The molecule has 0 amide bonds. The van der Waals surface area contributed by atoms with Crippen LogP contribution in [0.25, 0.3) is 0 Å². The predicted octanol–water partition coefficient (Wildman–Crippen LogP) is 2.23. The molecule has 2 heterocycles. The standard InChI is InChI=1S/C11H11NO2S/c1-14-9-5-8(6-12-7-9)11(13)10-3-2-4-15-10/h2-7,11,13H,1H3. The SMILES string of the molecule is COc1cncc(C(O)c2cccs2)c1. The number of hydrogen-bond acceptors (Lipinski definition) is 4. The smallest absolute Gasteiger partial charge is 0.137 e. The van der Waals surface area contributed by atoms with Crippen molar-refractivity contribution in [2.75, 3.05) is 7.11 Å². The van der Waals surface area contributed by atoms with Gasteiger partial charge in [0, 0.05) is 16.6 Å². The number of aliphatic hydroxyl groups is 1. The first-order valence-corrected chi connectivity index (χ1v) is 5.39. The van der Waals surface area contributed by atoms with Crippen LogP contribution in [-0.4, -0.2) is 17.2 Å². The van der Waals surface area contributed by atoms with Gasteiger partial charge in [0.2, 0.25) is 0 Å². The van der Waals surface area contributed by atoms with Crippen molar-refractivity contribution in [2.45, 2.75) is 6.10 Å². The molecule has 3 nitrogen and oxygen atoms in total. The second-order valence-corrected chi connectivity index (χ2v) is 4.06. The lowest BCUT2D eigenvalue weighted by atomic mass is 10.1. The van der Waals surface area contributed by atoms with Crippen molar-refractivity contribution in [1.29, 1.82) is 0 Å². The van der Waals surface area contributed by atoms with Gasteiger partial charge in [-0.1, -0.05) is 6.07 Å². The molecule has 0 spiro atoms. The highest BCUT2D eigenvalue weighted by molar-refractivity contribution is 7.10. The number of aliphatic hydroxyl groups excluding tert-OH is 1. The highest BCUT2D eigenvalue weighted by atomic mass is 32.1. The van der Waals surface area contributed by atoms with Crippen molar-refractivity contribution in [3.63, 3.8) is 0 Å². The zero-order valence-electron chi connectivity index (χ0n) is 8.25. The molecule has 0 aromatic carbocycles. The second-order valence-electron chi connectivity index (χ2n) is 3.08. The number of rotatable bonds is 3. The molecule has 0 aliphatic carbocycles. The molecule has 2 rings (SSSR count). The first-order valence-electron chi connectivity index (χ1n) is 4.51. The summed E-state index contributed by atoms with van der Waals surface area (Å²) in [6.07, 6.45) is 2.64. The molecule has 4 heteroatoms. The van der Waals surface area contributed by atoms with Crippen LogP contribution >= 0.6 is 11.3 Å². The Balaban J connectivity index is 2.29. The van der Waals surface area contributed by atoms with Crippen LogP contribution in [0, 0.1) is 0 Å². The normalized spacial score (nSPS) is 12.4. The fraction of sp³-hybridized carbons (Fsp3) is 0.182. The Morgan fingerprint density at radius 3 is 3.00 bits per heavy atom. The van der Waals surface area contributed by atoms with Crippen LogP contribution in [-0.2, 0) is 0 Å². The largest absolute Gasteiger partial charge is 0.495 e. The minimum absolute atomic E-state index is 0.618. The van der Waals surface area contributed by atoms with Crippen LogP contribution in [0.1, 0.15) is 16.5 Å². The Bertz CT molecular complexity index is 428. The van der Waals surface area contributed by atoms with Crippen molar-refractivity contribution in [1.82, 2.24) is 4.98 Å². The van der Waals surface area contributed by atoms with E-state index in [2.05, 4.69) is 4.98 Å². The van der Waals surface area contributed by atoms with E-state index in [0.717, 1.165) is 10.4 Å². The quantitative estimate of drug-likeness (QED) is 0.864. The Hall–Kier alpha value is -1.39. The number of ether oxygens (including phenoxy) is 1.